The van der Waals surface area contributed by atoms with Gasteiger partial charge in [-0.25, -0.2) is 4.79 Å². The van der Waals surface area contributed by atoms with E-state index in [2.05, 4.69) is 5.32 Å². The summed E-state index contributed by atoms with van der Waals surface area (Å²) >= 11 is 0. The first kappa shape index (κ1) is 20.0. The molecule has 1 fully saturated rings. The summed E-state index contributed by atoms with van der Waals surface area (Å²) in [4.78, 5) is 36.4. The Labute approximate surface area is 161 Å². The van der Waals surface area contributed by atoms with Gasteiger partial charge in [-0.05, 0) is 24.4 Å². The predicted octanol–water partition coefficient (Wildman–Crippen LogP) is -1.11. The summed E-state index contributed by atoms with van der Waals surface area (Å²) < 4.78 is 11.0. The molecule has 0 spiro atoms. The number of ether oxygens (including phenoxy) is 1. The largest absolute Gasteiger partial charge is 0.535 e. The van der Waals surface area contributed by atoms with Crippen LogP contribution in [-0.4, -0.2) is 77.4 Å². The quantitative estimate of drug-likeness (QED) is 0.428. The first-order valence-corrected chi connectivity index (χ1v) is 8.95. The molecule has 0 aliphatic carbocycles. The van der Waals surface area contributed by atoms with Crippen molar-refractivity contribution in [3.8, 4) is 11.5 Å². The molecule has 11 heteroatoms. The molecule has 2 heterocycles. The van der Waals surface area contributed by atoms with E-state index >= 15 is 0 Å². The van der Waals surface area contributed by atoms with Gasteiger partial charge in [-0.1, -0.05) is 6.07 Å². The highest BCUT2D eigenvalue weighted by atomic mass is 16.5. The number of hydrogen-bond donors (Lipinski definition) is 4. The molecule has 0 unspecified atom stereocenters. The van der Waals surface area contributed by atoms with Gasteiger partial charge in [0.25, 0.3) is 0 Å². The summed E-state index contributed by atoms with van der Waals surface area (Å²) in [5.74, 6) is -1.69. The molecular weight excluding hydrogens is 371 g/mol. The fourth-order valence-electron chi connectivity index (χ4n) is 3.09. The summed E-state index contributed by atoms with van der Waals surface area (Å²) in [5, 5.41) is 30.3. The topological polar surface area (TPSA) is 146 Å². The van der Waals surface area contributed by atoms with Gasteiger partial charge in [0.1, 0.15) is 23.2 Å². The number of carbonyl (C=O) groups is 3. The van der Waals surface area contributed by atoms with Crippen molar-refractivity contribution < 1.29 is 39.0 Å². The normalized spacial score (nSPS) is 15.9. The van der Waals surface area contributed by atoms with E-state index in [1.54, 1.807) is 12.1 Å². The van der Waals surface area contributed by atoms with E-state index in [0.29, 0.717) is 18.3 Å². The number of benzene rings is 1. The van der Waals surface area contributed by atoms with Crippen LogP contribution in [0.4, 0.5) is 0 Å². The minimum Gasteiger partial charge on any atom is -0.535 e. The van der Waals surface area contributed by atoms with Crippen molar-refractivity contribution in [3.05, 3.63) is 23.3 Å². The van der Waals surface area contributed by atoms with Gasteiger partial charge in [0.05, 0.1) is 26.2 Å². The third-order valence-electron chi connectivity index (χ3n) is 4.60. The monoisotopic (exact) mass is 392 g/mol. The van der Waals surface area contributed by atoms with Gasteiger partial charge in [0.15, 0.2) is 0 Å². The van der Waals surface area contributed by atoms with Gasteiger partial charge in [-0.2, -0.15) is 0 Å². The average molecular weight is 392 g/mol. The van der Waals surface area contributed by atoms with Crippen molar-refractivity contribution in [1.82, 2.24) is 10.2 Å². The first-order chi connectivity index (χ1) is 13.4. The Morgan fingerprint density at radius 2 is 2.07 bits per heavy atom. The molecule has 4 N–H and O–H groups in total. The van der Waals surface area contributed by atoms with Crippen LogP contribution in [0.25, 0.3) is 0 Å². The number of rotatable bonds is 7. The van der Waals surface area contributed by atoms with Crippen LogP contribution >= 0.6 is 0 Å². The fourth-order valence-corrected chi connectivity index (χ4v) is 3.09. The molecule has 2 aliphatic rings. The van der Waals surface area contributed by atoms with Crippen molar-refractivity contribution in [3.63, 3.8) is 0 Å². The molecule has 2 aliphatic heterocycles. The zero-order chi connectivity index (χ0) is 20.3. The maximum atomic E-state index is 12.0. The number of fused-ring (bicyclic) bond motifs is 1. The Morgan fingerprint density at radius 3 is 2.75 bits per heavy atom. The SMILES string of the molecule is O=C(CCO)NCC(=O)N1CC(Oc2ccc3c(c2C(=O)O)OB(O)CC3)C1. The van der Waals surface area contributed by atoms with Crippen LogP contribution in [0.5, 0.6) is 11.5 Å². The van der Waals surface area contributed by atoms with Crippen LogP contribution < -0.4 is 14.7 Å². The van der Waals surface area contributed by atoms with Crippen LogP contribution in [-0.2, 0) is 16.0 Å². The zero-order valence-corrected chi connectivity index (χ0v) is 15.1. The number of likely N-dealkylation sites (tertiary alicyclic amines) is 1. The molecule has 3 rings (SSSR count). The van der Waals surface area contributed by atoms with Crippen LogP contribution in [0.3, 0.4) is 0 Å². The standard InChI is InChI=1S/C17H21BN2O8/c21-6-4-13(22)19-7-14(23)20-8-11(9-20)27-12-2-1-10-3-5-18(26)28-16(10)15(12)17(24)25/h1-2,11,21,26H,3-9H2,(H,19,22)(H,24,25). The molecule has 1 saturated heterocycles. The second-order valence-electron chi connectivity index (χ2n) is 6.63. The summed E-state index contributed by atoms with van der Waals surface area (Å²) in [7, 11) is -1.06. The molecule has 0 aromatic heterocycles. The minimum atomic E-state index is -1.22. The Morgan fingerprint density at radius 1 is 1.32 bits per heavy atom. The second-order valence-corrected chi connectivity index (χ2v) is 6.63. The Bertz CT molecular complexity index is 781. The van der Waals surface area contributed by atoms with Gasteiger partial charge < -0.3 is 34.8 Å². The van der Waals surface area contributed by atoms with E-state index in [1.165, 1.54) is 4.90 Å². The van der Waals surface area contributed by atoms with Crippen LogP contribution in [0.2, 0.25) is 6.32 Å². The second kappa shape index (κ2) is 8.49. The maximum Gasteiger partial charge on any atom is 0.522 e. The Hall–Kier alpha value is -2.79. The number of nitrogens with one attached hydrogen (secondary N) is 1. The molecule has 0 radical (unpaired) electrons. The number of amides is 2. The number of aromatic carboxylic acids is 1. The van der Waals surface area contributed by atoms with E-state index < -0.39 is 19.0 Å². The highest BCUT2D eigenvalue weighted by Crippen LogP contribution is 2.37. The molecule has 0 saturated carbocycles. The molecule has 2 amide bonds. The smallest absolute Gasteiger partial charge is 0.522 e. The highest BCUT2D eigenvalue weighted by molar-refractivity contribution is 6.44. The third-order valence-corrected chi connectivity index (χ3v) is 4.60. The molecule has 150 valence electrons. The zero-order valence-electron chi connectivity index (χ0n) is 15.1. The first-order valence-electron chi connectivity index (χ1n) is 8.95. The number of nitrogens with zero attached hydrogens (tertiary/aromatic N) is 1. The van der Waals surface area contributed by atoms with Crippen molar-refractivity contribution in [2.24, 2.45) is 0 Å². The summed E-state index contributed by atoms with van der Waals surface area (Å²) in [6.45, 7) is 0.0618. The minimum absolute atomic E-state index is 0.0634. The van der Waals surface area contributed by atoms with Crippen molar-refractivity contribution in [2.75, 3.05) is 26.2 Å². The lowest BCUT2D eigenvalue weighted by molar-refractivity contribution is -0.140. The predicted molar refractivity (Wildman–Crippen MR) is 96.2 cm³/mol. The molecule has 1 aromatic carbocycles. The van der Waals surface area contributed by atoms with E-state index in [0.717, 1.165) is 0 Å². The van der Waals surface area contributed by atoms with E-state index in [4.69, 9.17) is 14.5 Å². The number of carbonyl (C=O) groups excluding carboxylic acids is 2. The van der Waals surface area contributed by atoms with Gasteiger partial charge in [-0.3, -0.25) is 9.59 Å². The average Bonchev–Trinajstić information content (AvgIpc) is 2.61. The van der Waals surface area contributed by atoms with Gasteiger partial charge in [-0.15, -0.1) is 0 Å². The lowest BCUT2D eigenvalue weighted by Gasteiger charge is -2.39. The molecule has 0 bridgehead atoms. The number of aliphatic hydroxyl groups is 1. The van der Waals surface area contributed by atoms with Gasteiger partial charge in [0.2, 0.25) is 11.8 Å². The van der Waals surface area contributed by atoms with Gasteiger partial charge in [0, 0.05) is 6.42 Å². The van der Waals surface area contributed by atoms with E-state index in [1.807, 2.05) is 0 Å². The number of aryl methyl sites for hydroxylation is 1. The molecule has 1 aromatic rings. The number of aliphatic hydroxyl groups excluding tert-OH is 1. The molecule has 0 atom stereocenters. The fraction of sp³-hybridized carbons (Fsp3) is 0.471. The summed E-state index contributed by atoms with van der Waals surface area (Å²) in [6.07, 6.45) is 0.444. The number of hydrogen-bond acceptors (Lipinski definition) is 7. The Balaban J connectivity index is 1.59. The van der Waals surface area contributed by atoms with Crippen LogP contribution in [0, 0.1) is 0 Å². The van der Waals surface area contributed by atoms with Crippen molar-refractivity contribution >= 4 is 24.9 Å². The number of carboxylic acids is 1. The van der Waals surface area contributed by atoms with E-state index in [-0.39, 0.29) is 61.7 Å². The van der Waals surface area contributed by atoms with E-state index in [9.17, 15) is 24.5 Å². The number of carboxylic acid groups (broad SMARTS) is 1. The molecule has 28 heavy (non-hydrogen) atoms. The Kier molecular flexibility index (Phi) is 6.05. The van der Waals surface area contributed by atoms with Crippen LogP contribution in [0.1, 0.15) is 22.3 Å². The van der Waals surface area contributed by atoms with Gasteiger partial charge >= 0.3 is 13.1 Å². The lowest BCUT2D eigenvalue weighted by atomic mass is 9.78. The van der Waals surface area contributed by atoms with Crippen molar-refractivity contribution in [1.29, 1.82) is 0 Å². The van der Waals surface area contributed by atoms with Crippen molar-refractivity contribution in [2.45, 2.75) is 25.3 Å². The highest BCUT2D eigenvalue weighted by Gasteiger charge is 2.35. The molecule has 10 nitrogen and oxygen atoms in total. The summed E-state index contributed by atoms with van der Waals surface area (Å²) in [6, 6.07) is 3.27. The summed E-state index contributed by atoms with van der Waals surface area (Å²) in [5.41, 5.74) is 0.552. The van der Waals surface area contributed by atoms with Crippen LogP contribution in [0.15, 0.2) is 12.1 Å². The molecular formula is C17H21BN2O8. The maximum absolute atomic E-state index is 12.0. The third kappa shape index (κ3) is 4.37. The lowest BCUT2D eigenvalue weighted by Crippen LogP contribution is -2.58.